The van der Waals surface area contributed by atoms with Gasteiger partial charge in [0.05, 0.1) is 12.8 Å². The molecule has 3 rings (SSSR count). The third-order valence-electron chi connectivity index (χ3n) is 8.58. The van der Waals surface area contributed by atoms with Crippen LogP contribution in [-0.2, 0) is 33.4 Å². The zero-order valence-corrected chi connectivity index (χ0v) is 22.3. The fourth-order valence-electron chi connectivity index (χ4n) is 7.13. The van der Waals surface area contributed by atoms with Gasteiger partial charge in [-0.1, -0.05) is 32.9 Å². The summed E-state index contributed by atoms with van der Waals surface area (Å²) in [7, 11) is 0. The Balaban J connectivity index is 2.06. The largest absolute Gasteiger partial charge is 0.481 e. The highest BCUT2D eigenvalue weighted by atomic mass is 16.6. The molecule has 0 amide bonds. The third-order valence-corrected chi connectivity index (χ3v) is 8.58. The number of rotatable bonds is 6. The second kappa shape index (κ2) is 10.4. The Hall–Kier alpha value is -2.64. The Morgan fingerprint density at radius 2 is 1.61 bits per heavy atom. The number of hydrogen-bond donors (Lipinski definition) is 1. The van der Waals surface area contributed by atoms with Crippen molar-refractivity contribution in [2.75, 3.05) is 0 Å². The van der Waals surface area contributed by atoms with E-state index in [9.17, 15) is 19.2 Å². The minimum atomic E-state index is -1.06. The monoisotopic (exact) mass is 504 g/mol. The van der Waals surface area contributed by atoms with Crippen molar-refractivity contribution in [1.82, 2.24) is 0 Å². The van der Waals surface area contributed by atoms with Crippen LogP contribution in [0.4, 0.5) is 0 Å². The lowest BCUT2D eigenvalue weighted by Gasteiger charge is -2.57. The molecule has 36 heavy (non-hydrogen) atoms. The maximum Gasteiger partial charge on any atom is 0.306 e. The topological polar surface area (TPSA) is 116 Å². The highest BCUT2D eigenvalue weighted by Gasteiger charge is 2.58. The molecular formula is C28H40O8. The van der Waals surface area contributed by atoms with Gasteiger partial charge in [-0.3, -0.25) is 19.2 Å². The van der Waals surface area contributed by atoms with Gasteiger partial charge in [0.25, 0.3) is 0 Å². The highest BCUT2D eigenvalue weighted by Crippen LogP contribution is 2.60. The first kappa shape index (κ1) is 27.9. The van der Waals surface area contributed by atoms with E-state index in [0.717, 1.165) is 18.4 Å². The molecule has 0 aromatic carbocycles. The van der Waals surface area contributed by atoms with E-state index in [1.165, 1.54) is 19.4 Å². The van der Waals surface area contributed by atoms with Crippen LogP contribution in [0.15, 0.2) is 23.3 Å². The lowest BCUT2D eigenvalue weighted by Crippen LogP contribution is -2.57. The van der Waals surface area contributed by atoms with E-state index >= 15 is 0 Å². The van der Waals surface area contributed by atoms with E-state index in [4.69, 9.17) is 19.3 Å². The van der Waals surface area contributed by atoms with Gasteiger partial charge in [-0.2, -0.15) is 0 Å². The normalized spacial score (nSPS) is 33.5. The molecule has 1 N–H and O–H groups in total. The molecule has 8 nitrogen and oxygen atoms in total. The first-order chi connectivity index (χ1) is 16.7. The standard InChI is InChI=1S/C28H40O8/c1-15-8-9-19-26(35-18(4)30)25-16(2)20(36-23(33)11-10-22(31)32)12-13-28(25,7)14-21(34-17(3)29)24(15)27(19,5)6/h19-21,25-26H,2,8-14H2,1,3-7H3,(H,31,32)/t19-,20-,21-,25-,26+,28-/m0/s1. The fraction of sp³-hybridized carbons (Fsp3) is 0.714. The van der Waals surface area contributed by atoms with Crippen LogP contribution < -0.4 is 0 Å². The number of ether oxygens (including phenoxy) is 3. The van der Waals surface area contributed by atoms with Gasteiger partial charge in [0.2, 0.25) is 0 Å². The second-order valence-corrected chi connectivity index (χ2v) is 11.6. The molecule has 8 heteroatoms. The average molecular weight is 505 g/mol. The molecule has 3 aliphatic carbocycles. The molecule has 0 unspecified atom stereocenters. The van der Waals surface area contributed by atoms with Gasteiger partial charge < -0.3 is 19.3 Å². The number of carboxylic acids is 1. The van der Waals surface area contributed by atoms with E-state index in [1.807, 2.05) is 0 Å². The third kappa shape index (κ3) is 5.52. The summed E-state index contributed by atoms with van der Waals surface area (Å²) < 4.78 is 17.7. The first-order valence-electron chi connectivity index (χ1n) is 12.8. The number of fused-ring (bicyclic) bond motifs is 3. The summed E-state index contributed by atoms with van der Waals surface area (Å²) in [5, 5.41) is 8.91. The average Bonchev–Trinajstić information content (AvgIpc) is 2.72. The van der Waals surface area contributed by atoms with Gasteiger partial charge in [-0.15, -0.1) is 0 Å². The number of esters is 3. The van der Waals surface area contributed by atoms with Gasteiger partial charge in [-0.25, -0.2) is 0 Å². The lowest BCUT2D eigenvalue weighted by atomic mass is 9.50. The van der Waals surface area contributed by atoms with Crippen LogP contribution in [0.5, 0.6) is 0 Å². The molecule has 0 aromatic rings. The van der Waals surface area contributed by atoms with Crippen LogP contribution >= 0.6 is 0 Å². The van der Waals surface area contributed by atoms with Crippen molar-refractivity contribution in [2.24, 2.45) is 22.7 Å². The quantitative estimate of drug-likeness (QED) is 0.313. The van der Waals surface area contributed by atoms with E-state index in [2.05, 4.69) is 34.3 Å². The van der Waals surface area contributed by atoms with Gasteiger partial charge in [0.1, 0.15) is 18.3 Å². The van der Waals surface area contributed by atoms with Crippen molar-refractivity contribution in [1.29, 1.82) is 0 Å². The molecule has 2 saturated carbocycles. The number of allylic oxidation sites excluding steroid dienone is 1. The fourth-order valence-corrected chi connectivity index (χ4v) is 7.13. The predicted molar refractivity (Wildman–Crippen MR) is 132 cm³/mol. The van der Waals surface area contributed by atoms with Crippen molar-refractivity contribution < 1.29 is 38.5 Å². The molecule has 0 aromatic heterocycles. The van der Waals surface area contributed by atoms with Crippen LogP contribution in [0.1, 0.15) is 86.5 Å². The molecular weight excluding hydrogens is 464 g/mol. The van der Waals surface area contributed by atoms with Crippen LogP contribution in [-0.4, -0.2) is 47.3 Å². The van der Waals surface area contributed by atoms with Gasteiger partial charge >= 0.3 is 23.9 Å². The molecule has 0 radical (unpaired) electrons. The molecule has 2 fully saturated rings. The van der Waals surface area contributed by atoms with E-state index in [-0.39, 0.29) is 36.6 Å². The van der Waals surface area contributed by atoms with E-state index < -0.39 is 41.1 Å². The minimum absolute atomic E-state index is 0.0546. The van der Waals surface area contributed by atoms with Crippen LogP contribution in [0.2, 0.25) is 0 Å². The van der Waals surface area contributed by atoms with Crippen LogP contribution in [0.3, 0.4) is 0 Å². The molecule has 0 saturated heterocycles. The molecule has 200 valence electrons. The molecule has 0 heterocycles. The van der Waals surface area contributed by atoms with Crippen LogP contribution in [0, 0.1) is 22.7 Å². The van der Waals surface area contributed by atoms with Crippen molar-refractivity contribution in [3.63, 3.8) is 0 Å². The summed E-state index contributed by atoms with van der Waals surface area (Å²) >= 11 is 0. The summed E-state index contributed by atoms with van der Waals surface area (Å²) in [4.78, 5) is 47.8. The highest BCUT2D eigenvalue weighted by molar-refractivity contribution is 5.76. The van der Waals surface area contributed by atoms with E-state index in [0.29, 0.717) is 24.8 Å². The number of carboxylic acid groups (broad SMARTS) is 1. The molecule has 0 spiro atoms. The number of carbonyl (C=O) groups is 4. The molecule has 3 aliphatic rings. The van der Waals surface area contributed by atoms with Crippen molar-refractivity contribution in [3.05, 3.63) is 23.3 Å². The number of hydrogen-bond acceptors (Lipinski definition) is 7. The number of aliphatic carboxylic acids is 1. The van der Waals surface area contributed by atoms with Crippen molar-refractivity contribution >= 4 is 23.9 Å². The van der Waals surface area contributed by atoms with E-state index in [1.54, 1.807) is 0 Å². The second-order valence-electron chi connectivity index (χ2n) is 11.6. The molecule has 6 atom stereocenters. The zero-order valence-electron chi connectivity index (χ0n) is 22.3. The number of carbonyl (C=O) groups excluding carboxylic acids is 3. The first-order valence-corrected chi connectivity index (χ1v) is 12.8. The SMILES string of the molecule is C=C1[C@@H](OC(=O)CCC(=O)O)CC[C@@]2(C)C[C@H](OC(C)=O)C3=C(C)CC[C@@H]([C@@H](OC(C)=O)[C@H]12)C3(C)C. The van der Waals surface area contributed by atoms with Crippen molar-refractivity contribution in [3.8, 4) is 0 Å². The molecule has 2 bridgehead atoms. The molecule has 0 aliphatic heterocycles. The Morgan fingerprint density at radius 1 is 0.972 bits per heavy atom. The Labute approximate surface area is 213 Å². The summed E-state index contributed by atoms with van der Waals surface area (Å²) in [6.45, 7) is 15.6. The van der Waals surface area contributed by atoms with Gasteiger partial charge in [0, 0.05) is 25.7 Å². The lowest BCUT2D eigenvalue weighted by molar-refractivity contribution is -0.171. The zero-order chi connectivity index (χ0) is 27.0. The Kier molecular flexibility index (Phi) is 8.06. The summed E-state index contributed by atoms with van der Waals surface area (Å²) in [6, 6.07) is 0. The smallest absolute Gasteiger partial charge is 0.306 e. The minimum Gasteiger partial charge on any atom is -0.481 e. The van der Waals surface area contributed by atoms with Crippen LogP contribution in [0.25, 0.3) is 0 Å². The van der Waals surface area contributed by atoms with Gasteiger partial charge in [-0.05, 0) is 61.0 Å². The Morgan fingerprint density at radius 3 is 2.19 bits per heavy atom. The summed E-state index contributed by atoms with van der Waals surface area (Å²) in [5.74, 6) is -2.74. The van der Waals surface area contributed by atoms with Crippen molar-refractivity contribution in [2.45, 2.75) is 105 Å². The predicted octanol–water partition coefficient (Wildman–Crippen LogP) is 4.76. The maximum atomic E-state index is 12.4. The maximum absolute atomic E-state index is 12.4. The summed E-state index contributed by atoms with van der Waals surface area (Å²) in [5.41, 5.74) is 2.16. The summed E-state index contributed by atoms with van der Waals surface area (Å²) in [6.07, 6.45) is 1.28. The van der Waals surface area contributed by atoms with Gasteiger partial charge in [0.15, 0.2) is 0 Å². The Bertz CT molecular complexity index is 976.